The van der Waals surface area contributed by atoms with Crippen molar-refractivity contribution < 1.29 is 4.79 Å². The number of fused-ring (bicyclic) bond motifs is 3. The molecule has 4 rings (SSSR count). The molecule has 0 bridgehead atoms. The van der Waals surface area contributed by atoms with E-state index >= 15 is 0 Å². The summed E-state index contributed by atoms with van der Waals surface area (Å²) in [5, 5.41) is 0. The predicted molar refractivity (Wildman–Crippen MR) is 93.5 cm³/mol. The number of carbonyl (C=O) groups is 1. The summed E-state index contributed by atoms with van der Waals surface area (Å²) < 4.78 is 2.94. The monoisotopic (exact) mass is 382 g/mol. The fourth-order valence-electron chi connectivity index (χ4n) is 2.44. The van der Waals surface area contributed by atoms with Gasteiger partial charge in [-0.3, -0.25) is 20.6 Å². The number of aromatic nitrogens is 4. The Hall–Kier alpha value is -3.00. The lowest BCUT2D eigenvalue weighted by molar-refractivity contribution is 0.0957. The molecule has 0 spiro atoms. The van der Waals surface area contributed by atoms with Gasteiger partial charge in [-0.1, -0.05) is 15.9 Å². The quantitative estimate of drug-likeness (QED) is 0.532. The third-order valence-corrected chi connectivity index (χ3v) is 4.00. The van der Waals surface area contributed by atoms with Crippen LogP contribution >= 0.6 is 15.9 Å². The van der Waals surface area contributed by atoms with Crippen LogP contribution < -0.4 is 10.9 Å². The number of hydrogen-bond acceptors (Lipinski definition) is 5. The van der Waals surface area contributed by atoms with Crippen LogP contribution in [0.25, 0.3) is 16.6 Å². The number of nitrogens with one attached hydrogen (secondary N) is 2. The Bertz CT molecular complexity index is 1050. The third kappa shape index (κ3) is 2.56. The Kier molecular flexibility index (Phi) is 3.58. The van der Waals surface area contributed by atoms with Gasteiger partial charge >= 0.3 is 0 Å². The molecule has 118 valence electrons. The van der Waals surface area contributed by atoms with E-state index in [9.17, 15) is 4.79 Å². The second kappa shape index (κ2) is 5.89. The number of anilines is 1. The van der Waals surface area contributed by atoms with E-state index in [0.29, 0.717) is 5.82 Å². The van der Waals surface area contributed by atoms with Gasteiger partial charge in [0.2, 0.25) is 0 Å². The maximum absolute atomic E-state index is 12.1. The number of carbonyl (C=O) groups excluding carboxylic acids is 1. The molecule has 0 aliphatic heterocycles. The van der Waals surface area contributed by atoms with Crippen LogP contribution in [0, 0.1) is 0 Å². The van der Waals surface area contributed by atoms with Gasteiger partial charge in [0.15, 0.2) is 5.82 Å². The van der Waals surface area contributed by atoms with Crippen molar-refractivity contribution in [2.24, 2.45) is 0 Å². The Morgan fingerprint density at radius 3 is 2.92 bits per heavy atom. The molecule has 3 heterocycles. The summed E-state index contributed by atoms with van der Waals surface area (Å²) in [6.07, 6.45) is 6.32. The lowest BCUT2D eigenvalue weighted by Crippen LogP contribution is -2.30. The summed E-state index contributed by atoms with van der Waals surface area (Å²) in [4.78, 5) is 24.5. The van der Waals surface area contributed by atoms with E-state index in [4.69, 9.17) is 0 Å². The molecule has 1 amide bonds. The van der Waals surface area contributed by atoms with Gasteiger partial charge in [-0.25, -0.2) is 9.97 Å². The normalized spacial score (nSPS) is 10.9. The maximum atomic E-state index is 12.1. The van der Waals surface area contributed by atoms with Crippen LogP contribution in [0.1, 0.15) is 10.5 Å². The zero-order valence-corrected chi connectivity index (χ0v) is 13.9. The molecule has 0 atom stereocenters. The zero-order valence-electron chi connectivity index (χ0n) is 12.3. The van der Waals surface area contributed by atoms with Gasteiger partial charge in [0, 0.05) is 23.1 Å². The first kappa shape index (κ1) is 14.6. The minimum absolute atomic E-state index is 0.222. The number of halogens is 1. The predicted octanol–water partition coefficient (Wildman–Crippen LogP) is 2.80. The minimum atomic E-state index is -0.385. The Labute approximate surface area is 144 Å². The van der Waals surface area contributed by atoms with Gasteiger partial charge in [0.05, 0.1) is 22.7 Å². The summed E-state index contributed by atoms with van der Waals surface area (Å²) in [6, 6.07) is 9.72. The highest BCUT2D eigenvalue weighted by atomic mass is 79.9. The van der Waals surface area contributed by atoms with Crippen molar-refractivity contribution in [1.82, 2.24) is 24.8 Å². The van der Waals surface area contributed by atoms with Gasteiger partial charge in [0.1, 0.15) is 5.69 Å². The Morgan fingerprint density at radius 2 is 2.08 bits per heavy atom. The molecular weight excluding hydrogens is 372 g/mol. The standard InChI is InChI=1S/C16H11BrN6O/c17-10-3-4-13-11(8-10)20-15(14-2-1-7-23(13)14)21-22-16(24)12-9-18-5-6-19-12/h1-9H,(H,20,21)(H,22,24). The maximum Gasteiger partial charge on any atom is 0.289 e. The number of nitrogens with zero attached hydrogens (tertiary/aromatic N) is 4. The van der Waals surface area contributed by atoms with Crippen LogP contribution in [-0.2, 0) is 0 Å². The smallest absolute Gasteiger partial charge is 0.289 e. The first-order valence-electron chi connectivity index (χ1n) is 7.11. The van der Waals surface area contributed by atoms with E-state index in [0.717, 1.165) is 21.0 Å². The molecule has 24 heavy (non-hydrogen) atoms. The molecule has 0 aliphatic carbocycles. The van der Waals surface area contributed by atoms with E-state index in [2.05, 4.69) is 41.7 Å². The van der Waals surface area contributed by atoms with Crippen LogP contribution in [0.5, 0.6) is 0 Å². The van der Waals surface area contributed by atoms with Crippen LogP contribution in [0.2, 0.25) is 0 Å². The first-order valence-corrected chi connectivity index (χ1v) is 7.90. The highest BCUT2D eigenvalue weighted by molar-refractivity contribution is 9.10. The van der Waals surface area contributed by atoms with E-state index in [1.807, 2.05) is 40.9 Å². The number of benzene rings is 1. The highest BCUT2D eigenvalue weighted by Crippen LogP contribution is 2.24. The third-order valence-electron chi connectivity index (χ3n) is 3.51. The summed E-state index contributed by atoms with van der Waals surface area (Å²) in [5.74, 6) is 0.159. The highest BCUT2D eigenvalue weighted by Gasteiger charge is 2.11. The lowest BCUT2D eigenvalue weighted by Gasteiger charge is -2.11. The molecule has 0 radical (unpaired) electrons. The van der Waals surface area contributed by atoms with Crippen molar-refractivity contribution >= 4 is 44.2 Å². The van der Waals surface area contributed by atoms with Crippen molar-refractivity contribution in [1.29, 1.82) is 0 Å². The fourth-order valence-corrected chi connectivity index (χ4v) is 2.79. The molecule has 4 aromatic rings. The van der Waals surface area contributed by atoms with Crippen molar-refractivity contribution in [3.05, 3.63) is 65.3 Å². The van der Waals surface area contributed by atoms with Gasteiger partial charge in [-0.2, -0.15) is 0 Å². The van der Waals surface area contributed by atoms with E-state index in [1.54, 1.807) is 0 Å². The molecule has 1 aromatic carbocycles. The molecule has 8 heteroatoms. The number of amides is 1. The molecule has 2 N–H and O–H groups in total. The lowest BCUT2D eigenvalue weighted by atomic mass is 10.3. The van der Waals surface area contributed by atoms with Crippen LogP contribution in [0.15, 0.2) is 59.6 Å². The first-order chi connectivity index (χ1) is 11.7. The second-order valence-electron chi connectivity index (χ2n) is 5.03. The van der Waals surface area contributed by atoms with Crippen molar-refractivity contribution in [2.45, 2.75) is 0 Å². The van der Waals surface area contributed by atoms with Gasteiger partial charge in [-0.15, -0.1) is 0 Å². The molecule has 0 fully saturated rings. The second-order valence-corrected chi connectivity index (χ2v) is 5.94. The average Bonchev–Trinajstić information content (AvgIpc) is 3.10. The average molecular weight is 383 g/mol. The summed E-state index contributed by atoms with van der Waals surface area (Å²) in [6.45, 7) is 0. The zero-order chi connectivity index (χ0) is 16.5. The van der Waals surface area contributed by atoms with E-state index in [1.165, 1.54) is 18.6 Å². The summed E-state index contributed by atoms with van der Waals surface area (Å²) in [5.41, 5.74) is 8.31. The Morgan fingerprint density at radius 1 is 1.17 bits per heavy atom. The van der Waals surface area contributed by atoms with Gasteiger partial charge in [-0.05, 0) is 30.3 Å². The van der Waals surface area contributed by atoms with E-state index < -0.39 is 0 Å². The summed E-state index contributed by atoms with van der Waals surface area (Å²) >= 11 is 3.45. The van der Waals surface area contributed by atoms with Crippen LogP contribution in [0.3, 0.4) is 0 Å². The molecule has 3 aromatic heterocycles. The minimum Gasteiger partial charge on any atom is -0.312 e. The van der Waals surface area contributed by atoms with Crippen molar-refractivity contribution in [3.8, 4) is 0 Å². The molecule has 0 saturated heterocycles. The topological polar surface area (TPSA) is 84.2 Å². The van der Waals surface area contributed by atoms with Crippen LogP contribution in [-0.4, -0.2) is 25.3 Å². The van der Waals surface area contributed by atoms with Gasteiger partial charge in [0.25, 0.3) is 5.91 Å². The SMILES string of the molecule is O=C(NNc1nc2cc(Br)ccc2n2cccc12)c1cnccn1. The van der Waals surface area contributed by atoms with Gasteiger partial charge < -0.3 is 4.40 Å². The molecule has 0 aliphatic rings. The largest absolute Gasteiger partial charge is 0.312 e. The van der Waals surface area contributed by atoms with Crippen molar-refractivity contribution in [2.75, 3.05) is 5.43 Å². The number of hydrazine groups is 1. The molecule has 0 saturated carbocycles. The summed E-state index contributed by atoms with van der Waals surface area (Å²) in [7, 11) is 0. The Balaban J connectivity index is 1.70. The van der Waals surface area contributed by atoms with Crippen LogP contribution in [0.4, 0.5) is 5.82 Å². The molecule has 0 unspecified atom stereocenters. The number of rotatable bonds is 3. The van der Waals surface area contributed by atoms with E-state index in [-0.39, 0.29) is 11.6 Å². The fraction of sp³-hybridized carbons (Fsp3) is 0. The molecule has 7 nitrogen and oxygen atoms in total. The van der Waals surface area contributed by atoms with Crippen molar-refractivity contribution in [3.63, 3.8) is 0 Å². The number of hydrogen-bond donors (Lipinski definition) is 2. The molecular formula is C16H11BrN6O.